The first-order valence-electron chi connectivity index (χ1n) is 8.81. The quantitative estimate of drug-likeness (QED) is 0.576. The van der Waals surface area contributed by atoms with E-state index in [1.54, 1.807) is 38.6 Å². The summed E-state index contributed by atoms with van der Waals surface area (Å²) in [5, 5.41) is 1.58. The summed E-state index contributed by atoms with van der Waals surface area (Å²) in [6, 6.07) is 12.7. The number of aromatic nitrogens is 1. The number of nitrogens with zero attached hydrogens (tertiary/aromatic N) is 1. The Bertz CT molecular complexity index is 966. The average molecular weight is 365 g/mol. The van der Waals surface area contributed by atoms with Crippen molar-refractivity contribution in [2.24, 2.45) is 5.92 Å². The Morgan fingerprint density at radius 2 is 1.78 bits per heavy atom. The van der Waals surface area contributed by atoms with Gasteiger partial charge in [-0.05, 0) is 41.6 Å². The number of ketones is 1. The second kappa shape index (κ2) is 8.08. The molecule has 0 bridgehead atoms. The Morgan fingerprint density at radius 1 is 1.04 bits per heavy atom. The highest BCUT2D eigenvalue weighted by Gasteiger charge is 2.17. The molecule has 27 heavy (non-hydrogen) atoms. The van der Waals surface area contributed by atoms with E-state index in [2.05, 4.69) is 18.8 Å². The van der Waals surface area contributed by atoms with Crippen LogP contribution >= 0.6 is 0 Å². The van der Waals surface area contributed by atoms with E-state index in [1.807, 2.05) is 24.3 Å². The molecule has 0 amide bonds. The molecule has 5 nitrogen and oxygen atoms in total. The van der Waals surface area contributed by atoms with Gasteiger partial charge in [-0.3, -0.25) is 9.78 Å². The molecule has 0 spiro atoms. The maximum absolute atomic E-state index is 13.1. The van der Waals surface area contributed by atoms with Crippen molar-refractivity contribution in [2.45, 2.75) is 13.8 Å². The van der Waals surface area contributed by atoms with Crippen LogP contribution in [0.5, 0.6) is 17.2 Å². The molecule has 1 aromatic heterocycles. The van der Waals surface area contributed by atoms with E-state index in [9.17, 15) is 4.79 Å². The van der Waals surface area contributed by atoms with Crippen molar-refractivity contribution in [3.63, 3.8) is 0 Å². The summed E-state index contributed by atoms with van der Waals surface area (Å²) in [5.41, 5.74) is 0.903. The first-order valence-corrected chi connectivity index (χ1v) is 8.81. The highest BCUT2D eigenvalue weighted by Crippen LogP contribution is 2.33. The van der Waals surface area contributed by atoms with Crippen molar-refractivity contribution in [2.75, 3.05) is 20.8 Å². The van der Waals surface area contributed by atoms with Gasteiger partial charge in [0.15, 0.2) is 11.5 Å². The Balaban J connectivity index is 2.02. The number of pyridine rings is 1. The van der Waals surface area contributed by atoms with Gasteiger partial charge in [0.1, 0.15) is 11.4 Å². The average Bonchev–Trinajstić information content (AvgIpc) is 2.70. The number of methoxy groups -OCH3 is 2. The summed E-state index contributed by atoms with van der Waals surface area (Å²) in [6.07, 6.45) is 1.63. The minimum Gasteiger partial charge on any atom is -0.493 e. The molecular weight excluding hydrogens is 342 g/mol. The number of carbonyl (C=O) groups is 1. The van der Waals surface area contributed by atoms with Crippen LogP contribution in [0.1, 0.15) is 29.9 Å². The summed E-state index contributed by atoms with van der Waals surface area (Å²) in [4.78, 5) is 17.4. The van der Waals surface area contributed by atoms with Crippen molar-refractivity contribution in [3.8, 4) is 17.2 Å². The molecule has 0 radical (unpaired) electrons. The van der Waals surface area contributed by atoms with E-state index < -0.39 is 0 Å². The molecule has 3 rings (SSSR count). The molecule has 3 aromatic rings. The van der Waals surface area contributed by atoms with Gasteiger partial charge in [-0.2, -0.15) is 0 Å². The maximum Gasteiger partial charge on any atom is 0.212 e. The Labute approximate surface area is 158 Å². The van der Waals surface area contributed by atoms with Crippen molar-refractivity contribution in [1.29, 1.82) is 0 Å². The molecule has 0 unspecified atom stereocenters. The van der Waals surface area contributed by atoms with E-state index in [0.717, 1.165) is 5.39 Å². The fraction of sp³-hybridized carbons (Fsp3) is 0.273. The normalized spacial score (nSPS) is 10.9. The van der Waals surface area contributed by atoms with E-state index in [1.165, 1.54) is 0 Å². The molecule has 1 heterocycles. The number of fused-ring (bicyclic) bond motifs is 1. The predicted molar refractivity (Wildman–Crippen MR) is 105 cm³/mol. The molecule has 0 saturated carbocycles. The molecular formula is C22H23NO4. The molecule has 0 aliphatic carbocycles. The number of benzene rings is 2. The molecule has 0 atom stereocenters. The van der Waals surface area contributed by atoms with Gasteiger partial charge in [-0.1, -0.05) is 26.0 Å². The van der Waals surface area contributed by atoms with Crippen LogP contribution in [-0.4, -0.2) is 31.6 Å². The van der Waals surface area contributed by atoms with Gasteiger partial charge in [-0.15, -0.1) is 0 Å². The van der Waals surface area contributed by atoms with Crippen LogP contribution in [0.25, 0.3) is 10.8 Å². The number of rotatable bonds is 7. The van der Waals surface area contributed by atoms with Crippen molar-refractivity contribution in [3.05, 3.63) is 59.9 Å². The van der Waals surface area contributed by atoms with E-state index >= 15 is 0 Å². The SMILES string of the molecule is COc1cc2ccnc(C(=O)c3cccc(OCC(C)C)c3)c2cc1OC. The molecule has 5 heteroatoms. The third kappa shape index (κ3) is 4.03. The van der Waals surface area contributed by atoms with Gasteiger partial charge in [-0.25, -0.2) is 0 Å². The topological polar surface area (TPSA) is 57.7 Å². The largest absolute Gasteiger partial charge is 0.493 e. The van der Waals surface area contributed by atoms with Crippen LogP contribution in [-0.2, 0) is 0 Å². The van der Waals surface area contributed by atoms with Gasteiger partial charge in [0.2, 0.25) is 5.78 Å². The zero-order valence-electron chi connectivity index (χ0n) is 16.0. The van der Waals surface area contributed by atoms with Gasteiger partial charge in [0, 0.05) is 17.1 Å². The third-order valence-electron chi connectivity index (χ3n) is 4.16. The number of hydrogen-bond acceptors (Lipinski definition) is 5. The molecule has 0 aliphatic heterocycles. The number of carbonyl (C=O) groups excluding carboxylic acids is 1. The van der Waals surface area contributed by atoms with Crippen LogP contribution in [0.2, 0.25) is 0 Å². The van der Waals surface area contributed by atoms with E-state index in [-0.39, 0.29) is 5.78 Å². The first-order chi connectivity index (χ1) is 13.0. The third-order valence-corrected chi connectivity index (χ3v) is 4.16. The minimum absolute atomic E-state index is 0.164. The molecule has 2 aromatic carbocycles. The zero-order chi connectivity index (χ0) is 19.4. The Morgan fingerprint density at radius 3 is 2.48 bits per heavy atom. The fourth-order valence-electron chi connectivity index (χ4n) is 2.81. The van der Waals surface area contributed by atoms with Gasteiger partial charge in [0.25, 0.3) is 0 Å². The van der Waals surface area contributed by atoms with Crippen LogP contribution in [0.3, 0.4) is 0 Å². The summed E-state index contributed by atoms with van der Waals surface area (Å²) in [5.74, 6) is 2.09. The van der Waals surface area contributed by atoms with E-state index in [0.29, 0.717) is 46.4 Å². The second-order valence-corrected chi connectivity index (χ2v) is 6.65. The monoisotopic (exact) mass is 365 g/mol. The highest BCUT2D eigenvalue weighted by molar-refractivity contribution is 6.15. The zero-order valence-corrected chi connectivity index (χ0v) is 16.0. The summed E-state index contributed by atoms with van der Waals surface area (Å²) in [7, 11) is 3.15. The van der Waals surface area contributed by atoms with Crippen LogP contribution in [0, 0.1) is 5.92 Å². The molecule has 0 fully saturated rings. The van der Waals surface area contributed by atoms with Crippen molar-refractivity contribution in [1.82, 2.24) is 4.98 Å². The van der Waals surface area contributed by atoms with Crippen LogP contribution in [0.15, 0.2) is 48.7 Å². The lowest BCUT2D eigenvalue weighted by Gasteiger charge is -2.12. The summed E-state index contributed by atoms with van der Waals surface area (Å²) in [6.45, 7) is 4.76. The standard InChI is InChI=1S/C22H23NO4/c1-14(2)13-27-17-7-5-6-16(10-17)22(24)21-18-12-20(26-4)19(25-3)11-15(18)8-9-23-21/h5-12,14H,13H2,1-4H3. The predicted octanol–water partition coefficient (Wildman–Crippen LogP) is 4.52. The van der Waals surface area contributed by atoms with Crippen molar-refractivity contribution < 1.29 is 19.0 Å². The van der Waals surface area contributed by atoms with Crippen molar-refractivity contribution >= 4 is 16.6 Å². The lowest BCUT2D eigenvalue weighted by molar-refractivity contribution is 0.103. The Hall–Kier alpha value is -3.08. The lowest BCUT2D eigenvalue weighted by Crippen LogP contribution is -2.07. The van der Waals surface area contributed by atoms with Gasteiger partial charge >= 0.3 is 0 Å². The van der Waals surface area contributed by atoms with Gasteiger partial charge < -0.3 is 14.2 Å². The molecule has 0 aliphatic rings. The minimum atomic E-state index is -0.164. The first kappa shape index (κ1) is 18.7. The van der Waals surface area contributed by atoms with E-state index in [4.69, 9.17) is 14.2 Å². The number of ether oxygens (including phenoxy) is 3. The number of hydrogen-bond donors (Lipinski definition) is 0. The molecule has 0 saturated heterocycles. The van der Waals surface area contributed by atoms with Gasteiger partial charge in [0.05, 0.1) is 20.8 Å². The summed E-state index contributed by atoms with van der Waals surface area (Å²) < 4.78 is 16.5. The maximum atomic E-state index is 13.1. The smallest absolute Gasteiger partial charge is 0.212 e. The molecule has 140 valence electrons. The summed E-state index contributed by atoms with van der Waals surface area (Å²) >= 11 is 0. The fourth-order valence-corrected chi connectivity index (χ4v) is 2.81. The highest BCUT2D eigenvalue weighted by atomic mass is 16.5. The Kier molecular flexibility index (Phi) is 5.60. The van der Waals surface area contributed by atoms with Crippen LogP contribution in [0.4, 0.5) is 0 Å². The lowest BCUT2D eigenvalue weighted by atomic mass is 10.0. The molecule has 0 N–H and O–H groups in total. The van der Waals surface area contributed by atoms with Crippen LogP contribution < -0.4 is 14.2 Å². The second-order valence-electron chi connectivity index (χ2n) is 6.65.